The molecule has 0 bridgehead atoms. The third-order valence-corrected chi connectivity index (χ3v) is 8.89. The van der Waals surface area contributed by atoms with Gasteiger partial charge in [0.25, 0.3) is 0 Å². The van der Waals surface area contributed by atoms with Crippen LogP contribution < -0.4 is 0 Å². The molecule has 30 heavy (non-hydrogen) atoms. The van der Waals surface area contributed by atoms with Gasteiger partial charge in [-0.25, -0.2) is 0 Å². The maximum absolute atomic E-state index is 3.47. The third-order valence-electron chi connectivity index (χ3n) is 6.56. The predicted octanol–water partition coefficient (Wildman–Crippen LogP) is 7.72. The predicted molar refractivity (Wildman–Crippen MR) is 134 cm³/mol. The van der Waals surface area contributed by atoms with Gasteiger partial charge in [0.2, 0.25) is 0 Å². The van der Waals surface area contributed by atoms with Gasteiger partial charge in [0, 0.05) is 26.5 Å². The van der Waals surface area contributed by atoms with Crippen molar-refractivity contribution >= 4 is 45.3 Å². The fourth-order valence-electron chi connectivity index (χ4n) is 4.91. The van der Waals surface area contributed by atoms with Crippen LogP contribution in [0.4, 0.5) is 0 Å². The topological polar surface area (TPSA) is 0 Å². The molecule has 1 aromatic carbocycles. The first-order valence-corrected chi connectivity index (χ1v) is 12.5. The van der Waals surface area contributed by atoms with E-state index in [2.05, 4.69) is 74.3 Å². The number of hydrogen-bond donors (Lipinski definition) is 0. The maximum atomic E-state index is 3.47. The monoisotopic (exact) mass is 424 g/mol. The molecule has 2 unspecified atom stereocenters. The van der Waals surface area contributed by atoms with Crippen LogP contribution in [0, 0.1) is 17.8 Å². The number of thioether (sulfide) groups is 1. The second-order valence-corrected chi connectivity index (χ2v) is 11.4. The van der Waals surface area contributed by atoms with Crippen LogP contribution in [0.25, 0.3) is 22.2 Å². The summed E-state index contributed by atoms with van der Waals surface area (Å²) in [6.45, 7) is 4.44. The summed E-state index contributed by atoms with van der Waals surface area (Å²) in [6, 6.07) is 4.89. The molecular formula is C28H24S2. The highest BCUT2D eigenvalue weighted by molar-refractivity contribution is 8.04. The van der Waals surface area contributed by atoms with E-state index in [1.165, 1.54) is 66.1 Å². The Morgan fingerprint density at radius 1 is 1.07 bits per heavy atom. The standard InChI is InChI=1S/C28H24S2/c1-17-3-7-21-15-27-26(14-22(21)11-17)25-13-20-8-5-19(12-23(20)16-28(25)30-27)6-10-24-9-4-18(2)29-24/h4-5,8,11-15,23-24H,3,7,9,16H2,1-2H3. The number of thiophene rings is 1. The van der Waals surface area contributed by atoms with Gasteiger partial charge in [0.05, 0.1) is 5.25 Å². The Bertz CT molecular complexity index is 1290. The van der Waals surface area contributed by atoms with Crippen molar-refractivity contribution in [2.45, 2.75) is 44.8 Å². The van der Waals surface area contributed by atoms with Gasteiger partial charge in [0.1, 0.15) is 0 Å². The summed E-state index contributed by atoms with van der Waals surface area (Å²) in [5, 5.41) is 1.87. The molecule has 1 aromatic heterocycles. The van der Waals surface area contributed by atoms with Crippen molar-refractivity contribution in [2.75, 3.05) is 0 Å². The lowest BCUT2D eigenvalue weighted by Crippen LogP contribution is -2.11. The first-order valence-electron chi connectivity index (χ1n) is 10.8. The van der Waals surface area contributed by atoms with Crippen molar-refractivity contribution in [3.05, 3.63) is 79.6 Å². The maximum Gasteiger partial charge on any atom is 0.0739 e. The minimum atomic E-state index is 0.431. The first-order chi connectivity index (χ1) is 14.6. The van der Waals surface area contributed by atoms with Crippen LogP contribution in [-0.2, 0) is 12.8 Å². The van der Waals surface area contributed by atoms with Gasteiger partial charge in [0.15, 0.2) is 0 Å². The van der Waals surface area contributed by atoms with Crippen molar-refractivity contribution in [1.82, 2.24) is 0 Å². The van der Waals surface area contributed by atoms with Gasteiger partial charge in [-0.15, -0.1) is 23.1 Å². The van der Waals surface area contributed by atoms with E-state index >= 15 is 0 Å². The molecule has 4 aliphatic rings. The van der Waals surface area contributed by atoms with Crippen LogP contribution in [-0.4, -0.2) is 5.25 Å². The summed E-state index contributed by atoms with van der Waals surface area (Å²) >= 11 is 3.90. The van der Waals surface area contributed by atoms with E-state index in [1.807, 2.05) is 23.1 Å². The molecule has 0 saturated carbocycles. The molecule has 0 nitrogen and oxygen atoms in total. The van der Waals surface area contributed by atoms with Crippen LogP contribution in [0.3, 0.4) is 0 Å². The van der Waals surface area contributed by atoms with Crippen LogP contribution in [0.2, 0.25) is 0 Å². The third kappa shape index (κ3) is 3.25. The minimum absolute atomic E-state index is 0.431. The summed E-state index contributed by atoms with van der Waals surface area (Å²) < 4.78 is 1.45. The van der Waals surface area contributed by atoms with E-state index in [-0.39, 0.29) is 0 Å². The lowest BCUT2D eigenvalue weighted by atomic mass is 9.82. The molecule has 0 amide bonds. The highest BCUT2D eigenvalue weighted by Gasteiger charge is 2.25. The average Bonchev–Trinajstić information content (AvgIpc) is 3.31. The molecule has 2 aromatic rings. The Labute approximate surface area is 187 Å². The fourth-order valence-corrected chi connectivity index (χ4v) is 7.15. The van der Waals surface area contributed by atoms with Crippen molar-refractivity contribution in [2.24, 2.45) is 5.92 Å². The van der Waals surface area contributed by atoms with E-state index < -0.39 is 0 Å². The van der Waals surface area contributed by atoms with E-state index in [4.69, 9.17) is 0 Å². The smallest absolute Gasteiger partial charge is 0.0739 e. The van der Waals surface area contributed by atoms with Crippen molar-refractivity contribution < 1.29 is 0 Å². The van der Waals surface area contributed by atoms with Gasteiger partial charge in [-0.1, -0.05) is 41.7 Å². The van der Waals surface area contributed by atoms with Crippen LogP contribution in [0.5, 0.6) is 0 Å². The molecule has 1 aliphatic heterocycles. The number of allylic oxidation sites excluding steroid dienone is 8. The summed E-state index contributed by atoms with van der Waals surface area (Å²) in [4.78, 5) is 2.94. The molecule has 148 valence electrons. The van der Waals surface area contributed by atoms with E-state index in [1.54, 1.807) is 0 Å². The zero-order chi connectivity index (χ0) is 20.2. The number of fused-ring (bicyclic) bond motifs is 5. The molecule has 0 N–H and O–H groups in total. The average molecular weight is 425 g/mol. The quantitative estimate of drug-likeness (QED) is 0.390. The van der Waals surface area contributed by atoms with Crippen molar-refractivity contribution in [1.29, 1.82) is 0 Å². The Morgan fingerprint density at radius 2 is 2.00 bits per heavy atom. The summed E-state index contributed by atoms with van der Waals surface area (Å²) in [6.07, 6.45) is 18.6. The molecule has 6 rings (SSSR count). The Morgan fingerprint density at radius 3 is 2.87 bits per heavy atom. The van der Waals surface area contributed by atoms with Crippen molar-refractivity contribution in [3.63, 3.8) is 0 Å². The highest BCUT2D eigenvalue weighted by atomic mass is 32.2. The van der Waals surface area contributed by atoms with E-state index in [0.717, 1.165) is 12.8 Å². The van der Waals surface area contributed by atoms with Crippen LogP contribution in [0.1, 0.15) is 48.3 Å². The molecule has 2 atom stereocenters. The zero-order valence-corrected chi connectivity index (χ0v) is 19.1. The molecule has 0 radical (unpaired) electrons. The molecular weight excluding hydrogens is 400 g/mol. The number of benzene rings is 1. The second kappa shape index (κ2) is 7.19. The van der Waals surface area contributed by atoms with Gasteiger partial charge < -0.3 is 0 Å². The number of rotatable bonds is 0. The molecule has 0 saturated heterocycles. The van der Waals surface area contributed by atoms with Gasteiger partial charge >= 0.3 is 0 Å². The van der Waals surface area contributed by atoms with Gasteiger partial charge in [-0.2, -0.15) is 0 Å². The first kappa shape index (κ1) is 18.6. The largest absolute Gasteiger partial charge is 0.140 e. The minimum Gasteiger partial charge on any atom is -0.140 e. The Kier molecular flexibility index (Phi) is 4.44. The summed E-state index contributed by atoms with van der Waals surface area (Å²) in [5.74, 6) is 7.39. The lowest BCUT2D eigenvalue weighted by molar-refractivity contribution is 0.768. The SMILES string of the molecule is CC1=Cc2cc3c4c(sc3cc2CC1)CC1C=C(C#CC2CC=C(C)S2)C=CC1=C4. The summed E-state index contributed by atoms with van der Waals surface area (Å²) in [5.41, 5.74) is 8.52. The number of hydrogen-bond acceptors (Lipinski definition) is 2. The Balaban J connectivity index is 1.32. The molecule has 2 heteroatoms. The van der Waals surface area contributed by atoms with Crippen molar-refractivity contribution in [3.8, 4) is 11.8 Å². The van der Waals surface area contributed by atoms with Gasteiger partial charge in [-0.3, -0.25) is 0 Å². The lowest BCUT2D eigenvalue weighted by Gasteiger charge is -2.22. The number of aryl methyl sites for hydroxylation is 1. The molecule has 3 aliphatic carbocycles. The fraction of sp³-hybridized carbons (Fsp3) is 0.286. The van der Waals surface area contributed by atoms with E-state index in [0.29, 0.717) is 11.2 Å². The van der Waals surface area contributed by atoms with Crippen LogP contribution in [0.15, 0.2) is 58.1 Å². The molecule has 0 spiro atoms. The van der Waals surface area contributed by atoms with Crippen LogP contribution >= 0.6 is 23.1 Å². The second-order valence-electron chi connectivity index (χ2n) is 8.81. The van der Waals surface area contributed by atoms with Gasteiger partial charge in [-0.05, 0) is 91.0 Å². The highest BCUT2D eigenvalue weighted by Crippen LogP contribution is 2.43. The normalized spacial score (nSPS) is 24.1. The molecule has 0 fully saturated rings. The Hall–Kier alpha value is -2.21. The summed E-state index contributed by atoms with van der Waals surface area (Å²) in [7, 11) is 0. The van der Waals surface area contributed by atoms with E-state index in [9.17, 15) is 0 Å². The zero-order valence-electron chi connectivity index (χ0n) is 17.4. The molecule has 2 heterocycles.